The van der Waals surface area contributed by atoms with Gasteiger partial charge in [0.05, 0.1) is 6.10 Å². The summed E-state index contributed by atoms with van der Waals surface area (Å²) in [6, 6.07) is 8.71. The highest BCUT2D eigenvalue weighted by molar-refractivity contribution is 5.74. The van der Waals surface area contributed by atoms with Crippen LogP contribution in [0.5, 0.6) is 0 Å². The molecule has 0 aliphatic rings. The zero-order chi connectivity index (χ0) is 15.7. The lowest BCUT2D eigenvalue weighted by Gasteiger charge is -2.18. The number of carbonyl (C=O) groups is 2. The third kappa shape index (κ3) is 7.31. The molecule has 0 fully saturated rings. The number of carboxylic acid groups (broad SMARTS) is 1. The monoisotopic (exact) mass is 294 g/mol. The molecule has 0 aliphatic carbocycles. The van der Waals surface area contributed by atoms with Crippen LogP contribution in [0.2, 0.25) is 0 Å². The van der Waals surface area contributed by atoms with Crippen LogP contribution < -0.4 is 10.6 Å². The van der Waals surface area contributed by atoms with Crippen molar-refractivity contribution in [2.24, 2.45) is 0 Å². The van der Waals surface area contributed by atoms with Crippen LogP contribution in [0.1, 0.15) is 37.9 Å². The molecule has 116 valence electrons. The van der Waals surface area contributed by atoms with Gasteiger partial charge in [-0.1, -0.05) is 30.3 Å². The van der Waals surface area contributed by atoms with Gasteiger partial charge in [-0.25, -0.2) is 4.79 Å². The van der Waals surface area contributed by atoms with Crippen LogP contribution in [0.3, 0.4) is 0 Å². The van der Waals surface area contributed by atoms with Crippen LogP contribution >= 0.6 is 0 Å². The van der Waals surface area contributed by atoms with E-state index < -0.39 is 12.1 Å². The number of carboxylic acids is 1. The third-order valence-corrected chi connectivity index (χ3v) is 2.99. The Kier molecular flexibility index (Phi) is 7.25. The molecule has 0 radical (unpaired) electrons. The van der Waals surface area contributed by atoms with Crippen molar-refractivity contribution >= 4 is 12.0 Å². The zero-order valence-corrected chi connectivity index (χ0v) is 12.1. The van der Waals surface area contributed by atoms with Gasteiger partial charge in [0.25, 0.3) is 0 Å². The van der Waals surface area contributed by atoms with E-state index in [0.717, 1.165) is 5.56 Å². The molecule has 0 bridgehead atoms. The van der Waals surface area contributed by atoms with Gasteiger partial charge in [0.1, 0.15) is 0 Å². The van der Waals surface area contributed by atoms with Gasteiger partial charge < -0.3 is 20.8 Å². The number of amides is 2. The lowest BCUT2D eigenvalue weighted by Crippen LogP contribution is -2.41. The molecule has 2 unspecified atom stereocenters. The van der Waals surface area contributed by atoms with Gasteiger partial charge in [0.2, 0.25) is 0 Å². The summed E-state index contributed by atoms with van der Waals surface area (Å²) in [5, 5.41) is 23.8. The first-order valence-corrected chi connectivity index (χ1v) is 6.98. The Balaban J connectivity index is 2.25. The van der Waals surface area contributed by atoms with Gasteiger partial charge in [-0.2, -0.15) is 0 Å². The fraction of sp³-hybridized carbons (Fsp3) is 0.467. The molecule has 4 N–H and O–H groups in total. The van der Waals surface area contributed by atoms with Crippen molar-refractivity contribution in [2.45, 2.75) is 38.3 Å². The highest BCUT2D eigenvalue weighted by atomic mass is 16.4. The summed E-state index contributed by atoms with van der Waals surface area (Å²) in [7, 11) is 0. The predicted molar refractivity (Wildman–Crippen MR) is 78.9 cm³/mol. The lowest BCUT2D eigenvalue weighted by atomic mass is 10.0. The second kappa shape index (κ2) is 8.97. The fourth-order valence-corrected chi connectivity index (χ4v) is 1.92. The number of aliphatic carboxylic acids is 1. The number of aliphatic hydroxyl groups is 1. The average Bonchev–Trinajstić information content (AvgIpc) is 2.44. The van der Waals surface area contributed by atoms with Crippen molar-refractivity contribution in [3.05, 3.63) is 35.9 Å². The van der Waals surface area contributed by atoms with Crippen molar-refractivity contribution in [2.75, 3.05) is 6.54 Å². The first-order chi connectivity index (χ1) is 9.99. The number of hydrogen-bond acceptors (Lipinski definition) is 3. The normalized spacial score (nSPS) is 13.2. The van der Waals surface area contributed by atoms with Crippen LogP contribution in [0.15, 0.2) is 30.3 Å². The minimum atomic E-state index is -0.878. The molecule has 0 heterocycles. The maximum atomic E-state index is 11.6. The average molecular weight is 294 g/mol. The molecule has 0 aromatic heterocycles. The van der Waals surface area contributed by atoms with Gasteiger partial charge in [-0.3, -0.25) is 4.79 Å². The van der Waals surface area contributed by atoms with E-state index in [-0.39, 0.29) is 18.5 Å². The number of benzene rings is 1. The van der Waals surface area contributed by atoms with Gasteiger partial charge in [0.15, 0.2) is 0 Å². The Morgan fingerprint density at radius 2 is 1.90 bits per heavy atom. The molecule has 0 aliphatic heterocycles. The molecule has 0 saturated heterocycles. The molecular weight excluding hydrogens is 272 g/mol. The largest absolute Gasteiger partial charge is 0.481 e. The molecule has 0 saturated carbocycles. The van der Waals surface area contributed by atoms with Crippen LogP contribution in [-0.4, -0.2) is 34.8 Å². The Labute approximate surface area is 124 Å². The van der Waals surface area contributed by atoms with E-state index in [0.29, 0.717) is 19.4 Å². The van der Waals surface area contributed by atoms with Gasteiger partial charge in [0, 0.05) is 19.0 Å². The van der Waals surface area contributed by atoms with Crippen molar-refractivity contribution in [3.8, 4) is 0 Å². The van der Waals surface area contributed by atoms with E-state index in [1.54, 1.807) is 0 Å². The summed E-state index contributed by atoms with van der Waals surface area (Å²) < 4.78 is 0. The van der Waals surface area contributed by atoms with E-state index in [4.69, 9.17) is 5.11 Å². The quantitative estimate of drug-likeness (QED) is 0.548. The molecule has 0 spiro atoms. The summed E-state index contributed by atoms with van der Waals surface area (Å²) in [5.74, 6) is -0.878. The van der Waals surface area contributed by atoms with Crippen LogP contribution in [0.25, 0.3) is 0 Å². The molecule has 21 heavy (non-hydrogen) atoms. The molecule has 2 atom stereocenters. The van der Waals surface area contributed by atoms with E-state index in [2.05, 4.69) is 10.6 Å². The Bertz CT molecular complexity index is 450. The zero-order valence-electron chi connectivity index (χ0n) is 12.1. The number of nitrogens with one attached hydrogen (secondary N) is 2. The maximum Gasteiger partial charge on any atom is 0.314 e. The first kappa shape index (κ1) is 17.0. The summed E-state index contributed by atoms with van der Waals surface area (Å²) >= 11 is 0. The second-order valence-electron chi connectivity index (χ2n) is 4.96. The third-order valence-electron chi connectivity index (χ3n) is 2.99. The SMILES string of the molecule is CC(CC(O)c1ccccc1)NC(=O)NCCCC(=O)O. The smallest absolute Gasteiger partial charge is 0.314 e. The highest BCUT2D eigenvalue weighted by Crippen LogP contribution is 2.17. The summed E-state index contributed by atoms with van der Waals surface area (Å²) in [5.41, 5.74) is 0.813. The van der Waals surface area contributed by atoms with Crippen molar-refractivity contribution in [1.29, 1.82) is 0 Å². The predicted octanol–water partition coefficient (Wildman–Crippen LogP) is 1.66. The first-order valence-electron chi connectivity index (χ1n) is 6.98. The molecule has 1 aromatic carbocycles. The summed E-state index contributed by atoms with van der Waals surface area (Å²) in [4.78, 5) is 21.9. The minimum Gasteiger partial charge on any atom is -0.481 e. The van der Waals surface area contributed by atoms with E-state index in [1.165, 1.54) is 0 Å². The highest BCUT2D eigenvalue weighted by Gasteiger charge is 2.13. The van der Waals surface area contributed by atoms with Gasteiger partial charge >= 0.3 is 12.0 Å². The van der Waals surface area contributed by atoms with Crippen LogP contribution in [-0.2, 0) is 4.79 Å². The molecule has 1 rings (SSSR count). The van der Waals surface area contributed by atoms with Crippen molar-refractivity contribution < 1.29 is 19.8 Å². The minimum absolute atomic E-state index is 0.0303. The topological polar surface area (TPSA) is 98.7 Å². The Hall–Kier alpha value is -2.08. The van der Waals surface area contributed by atoms with Gasteiger partial charge in [-0.05, 0) is 25.3 Å². The molecule has 6 heteroatoms. The molecule has 1 aromatic rings. The number of urea groups is 1. The van der Waals surface area contributed by atoms with E-state index >= 15 is 0 Å². The molecule has 2 amide bonds. The standard InChI is InChI=1S/C15H22N2O4/c1-11(10-13(18)12-6-3-2-4-7-12)17-15(21)16-9-5-8-14(19)20/h2-4,6-7,11,13,18H,5,8-10H2,1H3,(H,19,20)(H2,16,17,21). The lowest BCUT2D eigenvalue weighted by molar-refractivity contribution is -0.137. The molecule has 6 nitrogen and oxygen atoms in total. The molecular formula is C15H22N2O4. The van der Waals surface area contributed by atoms with Crippen molar-refractivity contribution in [3.63, 3.8) is 0 Å². The van der Waals surface area contributed by atoms with Crippen LogP contribution in [0.4, 0.5) is 4.79 Å². The van der Waals surface area contributed by atoms with Crippen molar-refractivity contribution in [1.82, 2.24) is 10.6 Å². The maximum absolute atomic E-state index is 11.6. The number of rotatable bonds is 8. The number of carbonyl (C=O) groups excluding carboxylic acids is 1. The van der Waals surface area contributed by atoms with Crippen LogP contribution in [0, 0.1) is 0 Å². The van der Waals surface area contributed by atoms with E-state index in [1.807, 2.05) is 37.3 Å². The fourth-order valence-electron chi connectivity index (χ4n) is 1.92. The summed E-state index contributed by atoms with van der Waals surface area (Å²) in [6.45, 7) is 2.12. The van der Waals surface area contributed by atoms with Gasteiger partial charge in [-0.15, -0.1) is 0 Å². The number of aliphatic hydroxyl groups excluding tert-OH is 1. The Morgan fingerprint density at radius 1 is 1.24 bits per heavy atom. The number of hydrogen-bond donors (Lipinski definition) is 4. The van der Waals surface area contributed by atoms with E-state index in [9.17, 15) is 14.7 Å². The Morgan fingerprint density at radius 3 is 2.52 bits per heavy atom. The summed E-state index contributed by atoms with van der Waals surface area (Å²) in [6.07, 6.45) is 0.201. The second-order valence-corrected chi connectivity index (χ2v) is 4.96.